The molecule has 0 spiro atoms. The summed E-state index contributed by atoms with van der Waals surface area (Å²) >= 11 is 0. The molecule has 3 aromatic rings. The second-order valence-electron chi connectivity index (χ2n) is 8.76. The molecule has 0 amide bonds. The number of hydrogen-bond acceptors (Lipinski definition) is 7. The van der Waals surface area contributed by atoms with Crippen LogP contribution in [0.1, 0.15) is 12.8 Å². The zero-order valence-corrected chi connectivity index (χ0v) is 19.3. The van der Waals surface area contributed by atoms with Gasteiger partial charge in [0.05, 0.1) is 11.4 Å². The molecule has 2 saturated heterocycles. The number of rotatable bonds is 6. The van der Waals surface area contributed by atoms with Crippen LogP contribution in [0.15, 0.2) is 47.5 Å². The molecule has 2 fully saturated rings. The van der Waals surface area contributed by atoms with Gasteiger partial charge < -0.3 is 14.7 Å². The van der Waals surface area contributed by atoms with Crippen LogP contribution in [0, 0.1) is 0 Å². The topological polar surface area (TPSA) is 74.6 Å². The molecule has 2 aliphatic rings. The first-order valence-corrected chi connectivity index (χ1v) is 13.2. The molecule has 0 radical (unpaired) electrons. The van der Waals surface area contributed by atoms with Gasteiger partial charge in [-0.05, 0) is 62.3 Å². The van der Waals surface area contributed by atoms with Crippen molar-refractivity contribution in [2.24, 2.45) is 0 Å². The number of anilines is 2. The smallest absolute Gasteiger partial charge is 0.183 e. The predicted octanol–water partition coefficient (Wildman–Crippen LogP) is 2.26. The molecule has 1 aromatic carbocycles. The number of likely N-dealkylation sites (tertiary alicyclic amines) is 1. The first-order chi connectivity index (χ1) is 15.5. The average molecular weight is 455 g/mol. The predicted molar refractivity (Wildman–Crippen MR) is 127 cm³/mol. The number of pyridine rings is 1. The van der Waals surface area contributed by atoms with Crippen LogP contribution in [0.4, 0.5) is 11.5 Å². The Morgan fingerprint density at radius 1 is 0.844 bits per heavy atom. The first kappa shape index (κ1) is 21.2. The highest BCUT2D eigenvalue weighted by molar-refractivity contribution is 7.90. The standard InChI is InChI=1S/C23H30N6O2S/c1-32(30,31)21-7-5-20(6-8-21)27-13-15-28(16-14-27)22-9-4-19-18-29(25-23(19)24-22)17-12-26-10-2-3-11-26/h4-9,18H,2-3,10-17H2,1H3. The minimum absolute atomic E-state index is 0.359. The molecule has 4 heterocycles. The number of hydrogen-bond donors (Lipinski definition) is 0. The van der Waals surface area contributed by atoms with Crippen molar-refractivity contribution in [3.8, 4) is 0 Å². The van der Waals surface area contributed by atoms with E-state index < -0.39 is 9.84 Å². The zero-order chi connectivity index (χ0) is 22.1. The highest BCUT2D eigenvalue weighted by Crippen LogP contribution is 2.23. The maximum atomic E-state index is 11.7. The second kappa shape index (κ2) is 8.71. The van der Waals surface area contributed by atoms with E-state index in [4.69, 9.17) is 10.1 Å². The van der Waals surface area contributed by atoms with Crippen LogP contribution in [0.3, 0.4) is 0 Å². The van der Waals surface area contributed by atoms with Gasteiger partial charge in [0.15, 0.2) is 15.5 Å². The van der Waals surface area contributed by atoms with E-state index in [1.807, 2.05) is 16.8 Å². The Labute approximate surface area is 189 Å². The third kappa shape index (κ3) is 4.59. The van der Waals surface area contributed by atoms with Gasteiger partial charge in [-0.1, -0.05) is 0 Å². The normalized spacial score (nSPS) is 18.0. The summed E-state index contributed by atoms with van der Waals surface area (Å²) in [5, 5.41) is 5.80. The van der Waals surface area contributed by atoms with Gasteiger partial charge in [-0.25, -0.2) is 13.4 Å². The monoisotopic (exact) mass is 454 g/mol. The number of fused-ring (bicyclic) bond motifs is 1. The Morgan fingerprint density at radius 2 is 1.53 bits per heavy atom. The minimum atomic E-state index is -3.16. The van der Waals surface area contributed by atoms with Crippen LogP contribution < -0.4 is 9.80 Å². The summed E-state index contributed by atoms with van der Waals surface area (Å²) in [5.41, 5.74) is 1.86. The molecule has 32 heavy (non-hydrogen) atoms. The van der Waals surface area contributed by atoms with Gasteiger partial charge in [-0.2, -0.15) is 5.10 Å². The molecule has 2 aliphatic heterocycles. The Bertz CT molecular complexity index is 1180. The zero-order valence-electron chi connectivity index (χ0n) is 18.5. The number of aromatic nitrogens is 3. The summed E-state index contributed by atoms with van der Waals surface area (Å²) in [6.07, 6.45) is 5.96. The van der Waals surface area contributed by atoms with Crippen LogP contribution in [0.2, 0.25) is 0 Å². The molecule has 2 aromatic heterocycles. The highest BCUT2D eigenvalue weighted by Gasteiger charge is 2.20. The fourth-order valence-corrected chi connectivity index (χ4v) is 5.21. The van der Waals surface area contributed by atoms with E-state index in [2.05, 4.69) is 33.0 Å². The molecule has 0 N–H and O–H groups in total. The van der Waals surface area contributed by atoms with Gasteiger partial charge in [0.2, 0.25) is 0 Å². The van der Waals surface area contributed by atoms with Crippen molar-refractivity contribution in [3.63, 3.8) is 0 Å². The lowest BCUT2D eigenvalue weighted by Gasteiger charge is -2.36. The molecular formula is C23H30N6O2S. The molecule has 0 saturated carbocycles. The highest BCUT2D eigenvalue weighted by atomic mass is 32.2. The average Bonchev–Trinajstić information content (AvgIpc) is 3.46. The lowest BCUT2D eigenvalue weighted by atomic mass is 10.2. The van der Waals surface area contributed by atoms with E-state index in [0.717, 1.165) is 61.8 Å². The van der Waals surface area contributed by atoms with Crippen molar-refractivity contribution in [3.05, 3.63) is 42.6 Å². The molecular weight excluding hydrogens is 424 g/mol. The lowest BCUT2D eigenvalue weighted by Crippen LogP contribution is -2.46. The van der Waals surface area contributed by atoms with E-state index in [1.54, 1.807) is 12.1 Å². The van der Waals surface area contributed by atoms with Crippen molar-refractivity contribution < 1.29 is 8.42 Å². The summed E-state index contributed by atoms with van der Waals surface area (Å²) in [5.74, 6) is 0.967. The van der Waals surface area contributed by atoms with Crippen LogP contribution >= 0.6 is 0 Å². The number of benzene rings is 1. The largest absolute Gasteiger partial charge is 0.368 e. The fourth-order valence-electron chi connectivity index (χ4n) is 4.58. The van der Waals surface area contributed by atoms with E-state index >= 15 is 0 Å². The van der Waals surface area contributed by atoms with Gasteiger partial charge in [0.1, 0.15) is 5.82 Å². The molecule has 170 valence electrons. The fraction of sp³-hybridized carbons (Fsp3) is 0.478. The molecule has 0 atom stereocenters. The third-order valence-corrected chi connectivity index (χ3v) is 7.61. The number of nitrogens with zero attached hydrogens (tertiary/aromatic N) is 6. The second-order valence-corrected chi connectivity index (χ2v) is 10.8. The van der Waals surface area contributed by atoms with Crippen LogP contribution in [-0.4, -0.2) is 80.2 Å². The van der Waals surface area contributed by atoms with Crippen molar-refractivity contribution in [1.82, 2.24) is 19.7 Å². The maximum Gasteiger partial charge on any atom is 0.183 e. The van der Waals surface area contributed by atoms with Crippen LogP contribution in [-0.2, 0) is 16.4 Å². The number of sulfone groups is 1. The molecule has 0 bridgehead atoms. The van der Waals surface area contributed by atoms with Gasteiger partial charge in [-0.3, -0.25) is 4.68 Å². The quantitative estimate of drug-likeness (QED) is 0.566. The van der Waals surface area contributed by atoms with E-state index in [1.165, 1.54) is 32.2 Å². The first-order valence-electron chi connectivity index (χ1n) is 11.3. The third-order valence-electron chi connectivity index (χ3n) is 6.48. The SMILES string of the molecule is CS(=O)(=O)c1ccc(N2CCN(c3ccc4cn(CCN5CCCC5)nc4n3)CC2)cc1. The molecule has 0 aliphatic carbocycles. The van der Waals surface area contributed by atoms with Crippen molar-refractivity contribution >= 4 is 32.4 Å². The van der Waals surface area contributed by atoms with Crippen molar-refractivity contribution in [2.45, 2.75) is 24.3 Å². The van der Waals surface area contributed by atoms with Gasteiger partial charge >= 0.3 is 0 Å². The summed E-state index contributed by atoms with van der Waals surface area (Å²) in [6.45, 7) is 7.82. The molecule has 5 rings (SSSR count). The van der Waals surface area contributed by atoms with E-state index in [0.29, 0.717) is 4.90 Å². The summed E-state index contributed by atoms with van der Waals surface area (Å²) in [6, 6.07) is 11.4. The Balaban J connectivity index is 1.21. The van der Waals surface area contributed by atoms with E-state index in [9.17, 15) is 8.42 Å². The Kier molecular flexibility index (Phi) is 5.77. The Morgan fingerprint density at radius 3 is 2.22 bits per heavy atom. The number of piperazine rings is 1. The van der Waals surface area contributed by atoms with Crippen molar-refractivity contribution in [1.29, 1.82) is 0 Å². The lowest BCUT2D eigenvalue weighted by molar-refractivity contribution is 0.316. The van der Waals surface area contributed by atoms with Gasteiger partial charge in [0, 0.05) is 56.3 Å². The van der Waals surface area contributed by atoms with Crippen LogP contribution in [0.25, 0.3) is 11.0 Å². The van der Waals surface area contributed by atoms with Crippen molar-refractivity contribution in [2.75, 3.05) is 61.9 Å². The molecule has 0 unspecified atom stereocenters. The Hall–Kier alpha value is -2.65. The summed E-state index contributed by atoms with van der Waals surface area (Å²) in [4.78, 5) is 12.3. The maximum absolute atomic E-state index is 11.7. The van der Waals surface area contributed by atoms with Gasteiger partial charge in [-0.15, -0.1) is 0 Å². The summed E-state index contributed by atoms with van der Waals surface area (Å²) in [7, 11) is -3.16. The van der Waals surface area contributed by atoms with Crippen LogP contribution in [0.5, 0.6) is 0 Å². The summed E-state index contributed by atoms with van der Waals surface area (Å²) < 4.78 is 25.4. The van der Waals surface area contributed by atoms with E-state index in [-0.39, 0.29) is 0 Å². The molecule has 9 heteroatoms. The van der Waals surface area contributed by atoms with Gasteiger partial charge in [0.25, 0.3) is 0 Å². The minimum Gasteiger partial charge on any atom is -0.368 e. The molecule has 8 nitrogen and oxygen atoms in total.